The van der Waals surface area contributed by atoms with Crippen molar-refractivity contribution in [2.45, 2.75) is 45.2 Å². The Bertz CT molecular complexity index is 448. The van der Waals surface area contributed by atoms with Crippen molar-refractivity contribution in [1.82, 2.24) is 4.90 Å². The van der Waals surface area contributed by atoms with E-state index in [0.29, 0.717) is 5.92 Å². The van der Waals surface area contributed by atoms with Gasteiger partial charge in [-0.3, -0.25) is 4.90 Å². The van der Waals surface area contributed by atoms with Crippen LogP contribution in [-0.2, 0) is 6.54 Å². The van der Waals surface area contributed by atoms with Gasteiger partial charge in [-0.1, -0.05) is 44.0 Å². The summed E-state index contributed by atoms with van der Waals surface area (Å²) in [7, 11) is 2.21. The predicted octanol–water partition coefficient (Wildman–Crippen LogP) is 3.93. The molecule has 3 heteroatoms. The molecule has 20 heavy (non-hydrogen) atoms. The normalized spacial score (nSPS) is 30.7. The fourth-order valence-electron chi connectivity index (χ4n) is 3.75. The summed E-state index contributed by atoms with van der Waals surface area (Å²) in [5.41, 5.74) is 7.59. The minimum absolute atomic E-state index is 0.125. The van der Waals surface area contributed by atoms with Gasteiger partial charge >= 0.3 is 0 Å². The molecular weight excluding hydrogens is 268 g/mol. The summed E-state index contributed by atoms with van der Waals surface area (Å²) in [6, 6.07) is 8.14. The summed E-state index contributed by atoms with van der Waals surface area (Å²) in [4.78, 5) is 2.46. The van der Waals surface area contributed by atoms with Gasteiger partial charge in [0, 0.05) is 23.7 Å². The molecule has 0 radical (unpaired) electrons. The molecule has 1 fully saturated rings. The number of likely N-dealkylation sites (N-methyl/N-ethyl adjacent to an activating group) is 1. The molecule has 3 atom stereocenters. The van der Waals surface area contributed by atoms with Crippen molar-refractivity contribution < 1.29 is 0 Å². The molecule has 0 aromatic heterocycles. The Balaban J connectivity index is 2.17. The molecule has 1 aromatic rings. The van der Waals surface area contributed by atoms with Crippen LogP contribution in [0.4, 0.5) is 0 Å². The summed E-state index contributed by atoms with van der Waals surface area (Å²) < 4.78 is 0. The fourth-order valence-corrected chi connectivity index (χ4v) is 3.96. The van der Waals surface area contributed by atoms with E-state index < -0.39 is 0 Å². The smallest absolute Gasteiger partial charge is 0.0409 e. The van der Waals surface area contributed by atoms with E-state index in [2.05, 4.69) is 37.9 Å². The highest BCUT2D eigenvalue weighted by atomic mass is 35.5. The van der Waals surface area contributed by atoms with Crippen LogP contribution < -0.4 is 5.73 Å². The minimum Gasteiger partial charge on any atom is -0.329 e. The molecule has 0 bridgehead atoms. The highest BCUT2D eigenvalue weighted by Crippen LogP contribution is 2.40. The van der Waals surface area contributed by atoms with Crippen LogP contribution in [0.2, 0.25) is 5.02 Å². The molecule has 0 heterocycles. The summed E-state index contributed by atoms with van der Waals surface area (Å²) in [6.45, 7) is 6.35. The Morgan fingerprint density at radius 1 is 1.35 bits per heavy atom. The van der Waals surface area contributed by atoms with Gasteiger partial charge in [0.15, 0.2) is 0 Å². The molecule has 1 saturated carbocycles. The number of hydrogen-bond donors (Lipinski definition) is 1. The number of nitrogens with two attached hydrogens (primary N) is 1. The van der Waals surface area contributed by atoms with Crippen LogP contribution in [0.1, 0.15) is 38.7 Å². The van der Waals surface area contributed by atoms with Gasteiger partial charge in [0.05, 0.1) is 0 Å². The van der Waals surface area contributed by atoms with E-state index in [0.717, 1.165) is 24.0 Å². The summed E-state index contributed by atoms with van der Waals surface area (Å²) >= 11 is 6.09. The molecule has 0 saturated heterocycles. The van der Waals surface area contributed by atoms with Gasteiger partial charge in [0.1, 0.15) is 0 Å². The lowest BCUT2D eigenvalue weighted by molar-refractivity contribution is 0.00904. The van der Waals surface area contributed by atoms with Crippen LogP contribution in [0.5, 0.6) is 0 Å². The van der Waals surface area contributed by atoms with E-state index in [9.17, 15) is 0 Å². The van der Waals surface area contributed by atoms with E-state index >= 15 is 0 Å². The lowest BCUT2D eigenvalue weighted by atomic mass is 9.68. The maximum atomic E-state index is 6.21. The van der Waals surface area contributed by atoms with Crippen molar-refractivity contribution >= 4 is 11.6 Å². The number of hydrogen-bond acceptors (Lipinski definition) is 2. The summed E-state index contributed by atoms with van der Waals surface area (Å²) in [6.07, 6.45) is 3.80. The topological polar surface area (TPSA) is 29.3 Å². The quantitative estimate of drug-likeness (QED) is 0.912. The molecule has 3 unspecified atom stereocenters. The molecule has 1 aliphatic rings. The van der Waals surface area contributed by atoms with Crippen molar-refractivity contribution in [3.8, 4) is 0 Å². The van der Waals surface area contributed by atoms with E-state index in [1.54, 1.807) is 0 Å². The minimum atomic E-state index is 0.125. The number of benzene rings is 1. The zero-order valence-electron chi connectivity index (χ0n) is 12.9. The third-order valence-corrected chi connectivity index (χ3v) is 5.37. The Morgan fingerprint density at radius 2 is 2.10 bits per heavy atom. The average Bonchev–Trinajstić information content (AvgIpc) is 2.41. The molecule has 112 valence electrons. The molecule has 2 rings (SSSR count). The number of rotatable bonds is 4. The van der Waals surface area contributed by atoms with Crippen molar-refractivity contribution in [1.29, 1.82) is 0 Å². The summed E-state index contributed by atoms with van der Waals surface area (Å²) in [5.74, 6) is 1.41. The molecule has 2 N–H and O–H groups in total. The Kier molecular flexibility index (Phi) is 5.11. The number of nitrogens with zero attached hydrogens (tertiary/aromatic N) is 1. The summed E-state index contributed by atoms with van der Waals surface area (Å²) in [5, 5.41) is 0.808. The molecule has 1 aliphatic carbocycles. The van der Waals surface area contributed by atoms with Crippen LogP contribution in [0.25, 0.3) is 0 Å². The zero-order chi connectivity index (χ0) is 14.8. The van der Waals surface area contributed by atoms with Gasteiger partial charge < -0.3 is 5.73 Å². The van der Waals surface area contributed by atoms with Crippen molar-refractivity contribution in [3.05, 3.63) is 34.9 Å². The first-order valence-corrected chi connectivity index (χ1v) is 8.01. The molecule has 0 spiro atoms. The maximum absolute atomic E-state index is 6.21. The first-order chi connectivity index (χ1) is 9.48. The highest BCUT2D eigenvalue weighted by Gasteiger charge is 2.42. The van der Waals surface area contributed by atoms with Gasteiger partial charge in [-0.05, 0) is 49.4 Å². The van der Waals surface area contributed by atoms with Gasteiger partial charge in [0.2, 0.25) is 0 Å². The van der Waals surface area contributed by atoms with Gasteiger partial charge in [-0.2, -0.15) is 0 Å². The standard InChI is InChI=1S/C17H27ClN2/c1-13-7-8-14(2)17(10-13,12-19)20(3)11-15-5-4-6-16(18)9-15/h4-6,9,13-14H,7-8,10-12,19H2,1-3H3. The highest BCUT2D eigenvalue weighted by molar-refractivity contribution is 6.30. The molecule has 0 aliphatic heterocycles. The lowest BCUT2D eigenvalue weighted by Crippen LogP contribution is -2.58. The van der Waals surface area contributed by atoms with Crippen LogP contribution in [0.3, 0.4) is 0 Å². The van der Waals surface area contributed by atoms with Gasteiger partial charge in [0.25, 0.3) is 0 Å². The molecule has 1 aromatic carbocycles. The van der Waals surface area contributed by atoms with Crippen molar-refractivity contribution in [3.63, 3.8) is 0 Å². The van der Waals surface area contributed by atoms with E-state index in [1.165, 1.54) is 24.8 Å². The molecular formula is C17H27ClN2. The van der Waals surface area contributed by atoms with Crippen LogP contribution in [-0.4, -0.2) is 24.0 Å². The maximum Gasteiger partial charge on any atom is 0.0409 e. The fraction of sp³-hybridized carbons (Fsp3) is 0.647. The first-order valence-electron chi connectivity index (χ1n) is 7.63. The van der Waals surface area contributed by atoms with E-state index in [4.69, 9.17) is 17.3 Å². The SMILES string of the molecule is CC1CCC(C)C(CN)(N(C)Cc2cccc(Cl)c2)C1. The Morgan fingerprint density at radius 3 is 2.75 bits per heavy atom. The lowest BCUT2D eigenvalue weighted by Gasteiger charge is -2.50. The second-order valence-corrected chi connectivity index (χ2v) is 7.02. The average molecular weight is 295 g/mol. The second kappa shape index (κ2) is 6.46. The number of halogens is 1. The third kappa shape index (κ3) is 3.19. The largest absolute Gasteiger partial charge is 0.329 e. The predicted molar refractivity (Wildman–Crippen MR) is 86.9 cm³/mol. The monoisotopic (exact) mass is 294 g/mol. The Hall–Kier alpha value is -0.570. The van der Waals surface area contributed by atoms with Gasteiger partial charge in [-0.25, -0.2) is 0 Å². The van der Waals surface area contributed by atoms with Crippen LogP contribution in [0.15, 0.2) is 24.3 Å². The van der Waals surface area contributed by atoms with E-state index in [1.807, 2.05) is 12.1 Å². The van der Waals surface area contributed by atoms with Crippen molar-refractivity contribution in [2.24, 2.45) is 17.6 Å². The molecule has 0 amide bonds. The van der Waals surface area contributed by atoms with Gasteiger partial charge in [-0.15, -0.1) is 0 Å². The molecule has 2 nitrogen and oxygen atoms in total. The van der Waals surface area contributed by atoms with Crippen molar-refractivity contribution in [2.75, 3.05) is 13.6 Å². The van der Waals surface area contributed by atoms with E-state index in [-0.39, 0.29) is 5.54 Å². The Labute approximate surface area is 128 Å². The first kappa shape index (κ1) is 15.8. The van der Waals surface area contributed by atoms with Crippen LogP contribution in [0, 0.1) is 11.8 Å². The van der Waals surface area contributed by atoms with Crippen LogP contribution >= 0.6 is 11.6 Å². The second-order valence-electron chi connectivity index (χ2n) is 6.58. The zero-order valence-corrected chi connectivity index (χ0v) is 13.7. The third-order valence-electron chi connectivity index (χ3n) is 5.13.